The fourth-order valence-electron chi connectivity index (χ4n) is 4.84. The Morgan fingerprint density at radius 3 is 2.85 bits per heavy atom. The second kappa shape index (κ2) is 9.14. The number of pyridine rings is 1. The van der Waals surface area contributed by atoms with E-state index in [0.29, 0.717) is 24.4 Å². The summed E-state index contributed by atoms with van der Waals surface area (Å²) >= 11 is 0. The number of methoxy groups -OCH3 is 1. The van der Waals surface area contributed by atoms with Gasteiger partial charge in [0.25, 0.3) is 0 Å². The number of anilines is 3. The largest absolute Gasteiger partial charge is 0.493 e. The molecule has 0 bridgehead atoms. The first kappa shape index (κ1) is 21.3. The van der Waals surface area contributed by atoms with Crippen molar-refractivity contribution in [3.63, 3.8) is 0 Å². The van der Waals surface area contributed by atoms with Gasteiger partial charge in [-0.15, -0.1) is 0 Å². The number of rotatable bonds is 6. The molecule has 1 N–H and O–H groups in total. The molecule has 0 saturated carbocycles. The number of carbonyl (C=O) groups is 1. The molecule has 2 heterocycles. The van der Waals surface area contributed by atoms with Crippen molar-refractivity contribution in [1.29, 1.82) is 0 Å². The van der Waals surface area contributed by atoms with Crippen LogP contribution in [-0.4, -0.2) is 38.3 Å². The lowest BCUT2D eigenvalue weighted by Crippen LogP contribution is -2.22. The minimum atomic E-state index is -0.369. The van der Waals surface area contributed by atoms with Crippen molar-refractivity contribution >= 4 is 23.0 Å². The van der Waals surface area contributed by atoms with Crippen molar-refractivity contribution in [2.45, 2.75) is 31.6 Å². The van der Waals surface area contributed by atoms with E-state index in [1.54, 1.807) is 18.5 Å². The maximum atomic E-state index is 12.0. The van der Waals surface area contributed by atoms with E-state index in [0.717, 1.165) is 17.9 Å². The van der Waals surface area contributed by atoms with Crippen LogP contribution in [0.15, 0.2) is 54.9 Å². The predicted octanol–water partition coefficient (Wildman–Crippen LogP) is 5.10. The van der Waals surface area contributed by atoms with E-state index in [4.69, 9.17) is 9.47 Å². The molecule has 5 rings (SSSR count). The highest BCUT2D eigenvalue weighted by atomic mass is 16.5. The number of hydrogen-bond donors (Lipinski definition) is 1. The van der Waals surface area contributed by atoms with Crippen LogP contribution >= 0.6 is 0 Å². The minimum Gasteiger partial charge on any atom is -0.493 e. The SMILES string of the molecule is COC(=O)c1ccncc1NC[C@@H]1CCOc2cc(N(C)c3ccc4c(c3)CCC4)ccc21. The summed E-state index contributed by atoms with van der Waals surface area (Å²) in [5.74, 6) is 0.836. The lowest BCUT2D eigenvalue weighted by Gasteiger charge is -2.29. The summed E-state index contributed by atoms with van der Waals surface area (Å²) in [6.45, 7) is 1.36. The zero-order valence-corrected chi connectivity index (χ0v) is 19.1. The van der Waals surface area contributed by atoms with E-state index < -0.39 is 0 Å². The second-order valence-electron chi connectivity index (χ2n) is 8.72. The second-order valence-corrected chi connectivity index (χ2v) is 8.72. The zero-order chi connectivity index (χ0) is 22.8. The smallest absolute Gasteiger partial charge is 0.340 e. The summed E-state index contributed by atoms with van der Waals surface area (Å²) < 4.78 is 10.9. The molecule has 170 valence electrons. The Morgan fingerprint density at radius 1 is 1.15 bits per heavy atom. The van der Waals surface area contributed by atoms with Crippen LogP contribution in [0.4, 0.5) is 17.1 Å². The minimum absolute atomic E-state index is 0.277. The first-order valence-corrected chi connectivity index (χ1v) is 11.5. The summed E-state index contributed by atoms with van der Waals surface area (Å²) in [7, 11) is 3.50. The molecule has 3 aromatic rings. The van der Waals surface area contributed by atoms with Crippen molar-refractivity contribution < 1.29 is 14.3 Å². The highest BCUT2D eigenvalue weighted by molar-refractivity contribution is 5.95. The molecular formula is C27H29N3O3. The molecule has 0 spiro atoms. The van der Waals surface area contributed by atoms with Crippen LogP contribution in [0.1, 0.15) is 45.8 Å². The van der Waals surface area contributed by atoms with E-state index in [1.807, 2.05) is 0 Å². The molecule has 1 atom stereocenters. The fourth-order valence-corrected chi connectivity index (χ4v) is 4.84. The molecule has 33 heavy (non-hydrogen) atoms. The van der Waals surface area contributed by atoms with Gasteiger partial charge in [-0.25, -0.2) is 4.79 Å². The van der Waals surface area contributed by atoms with Gasteiger partial charge in [-0.05, 0) is 66.6 Å². The maximum Gasteiger partial charge on any atom is 0.340 e. The summed E-state index contributed by atoms with van der Waals surface area (Å²) in [5.41, 5.74) is 7.64. The van der Waals surface area contributed by atoms with E-state index in [-0.39, 0.29) is 11.9 Å². The number of aromatic nitrogens is 1. The Labute approximate surface area is 194 Å². The van der Waals surface area contributed by atoms with E-state index in [1.165, 1.54) is 48.8 Å². The predicted molar refractivity (Wildman–Crippen MR) is 130 cm³/mol. The van der Waals surface area contributed by atoms with Crippen molar-refractivity contribution in [2.75, 3.05) is 37.5 Å². The molecule has 0 radical (unpaired) electrons. The lowest BCUT2D eigenvalue weighted by atomic mass is 9.92. The number of fused-ring (bicyclic) bond motifs is 2. The summed E-state index contributed by atoms with van der Waals surface area (Å²) in [6.07, 6.45) is 7.80. The lowest BCUT2D eigenvalue weighted by molar-refractivity contribution is 0.0601. The van der Waals surface area contributed by atoms with Gasteiger partial charge < -0.3 is 19.7 Å². The monoisotopic (exact) mass is 443 g/mol. The van der Waals surface area contributed by atoms with Gasteiger partial charge >= 0.3 is 5.97 Å². The van der Waals surface area contributed by atoms with Gasteiger partial charge in [0.1, 0.15) is 5.75 Å². The third-order valence-electron chi connectivity index (χ3n) is 6.78. The van der Waals surface area contributed by atoms with Crippen molar-refractivity contribution in [3.8, 4) is 5.75 Å². The van der Waals surface area contributed by atoms with Crippen LogP contribution in [0.2, 0.25) is 0 Å². The van der Waals surface area contributed by atoms with Gasteiger partial charge in [0.15, 0.2) is 0 Å². The molecule has 2 aromatic carbocycles. The van der Waals surface area contributed by atoms with E-state index >= 15 is 0 Å². The van der Waals surface area contributed by atoms with Gasteiger partial charge in [0.05, 0.1) is 31.2 Å². The number of nitrogens with zero attached hydrogens (tertiary/aromatic N) is 2. The molecule has 2 aliphatic rings. The number of nitrogens with one attached hydrogen (secondary N) is 1. The summed E-state index contributed by atoms with van der Waals surface area (Å²) in [6, 6.07) is 15.0. The molecule has 1 aliphatic heterocycles. The van der Waals surface area contributed by atoms with Crippen molar-refractivity contribution in [2.24, 2.45) is 0 Å². The average Bonchev–Trinajstić information content (AvgIpc) is 3.34. The van der Waals surface area contributed by atoms with Gasteiger partial charge in [-0.3, -0.25) is 4.98 Å². The summed E-state index contributed by atoms with van der Waals surface area (Å²) in [5, 5.41) is 3.40. The van der Waals surface area contributed by atoms with Crippen LogP contribution in [-0.2, 0) is 17.6 Å². The number of carbonyl (C=O) groups excluding carboxylic acids is 1. The third-order valence-corrected chi connectivity index (χ3v) is 6.78. The Hall–Kier alpha value is -3.54. The number of hydrogen-bond acceptors (Lipinski definition) is 6. The topological polar surface area (TPSA) is 63.7 Å². The summed E-state index contributed by atoms with van der Waals surface area (Å²) in [4.78, 5) is 18.4. The Morgan fingerprint density at radius 2 is 1.97 bits per heavy atom. The van der Waals surface area contributed by atoms with Crippen molar-refractivity contribution in [1.82, 2.24) is 4.98 Å². The van der Waals surface area contributed by atoms with Crippen LogP contribution in [0.5, 0.6) is 5.75 Å². The first-order valence-electron chi connectivity index (χ1n) is 11.5. The normalized spacial score (nSPS) is 16.4. The maximum absolute atomic E-state index is 12.0. The molecule has 0 saturated heterocycles. The number of benzene rings is 2. The van der Waals surface area contributed by atoms with Crippen LogP contribution < -0.4 is 15.0 Å². The third kappa shape index (κ3) is 4.25. The molecule has 6 nitrogen and oxygen atoms in total. The Bertz CT molecular complexity index is 1180. The Kier molecular flexibility index (Phi) is 5.90. The standard InChI is InChI=1S/C27H29N3O3/c1-30(21-7-6-18-4-3-5-19(18)14-21)22-8-9-23-20(11-13-33-26(23)15-22)16-29-25-17-28-12-10-24(25)27(31)32-2/h6-10,12,14-15,17,20,29H,3-5,11,13,16H2,1-2H3/t20-/m0/s1. The number of esters is 1. The van der Waals surface area contributed by atoms with Gasteiger partial charge in [0, 0.05) is 43.1 Å². The highest BCUT2D eigenvalue weighted by Crippen LogP contribution is 2.38. The van der Waals surface area contributed by atoms with Gasteiger partial charge in [-0.1, -0.05) is 12.1 Å². The van der Waals surface area contributed by atoms with Gasteiger partial charge in [-0.2, -0.15) is 0 Å². The van der Waals surface area contributed by atoms with Crippen LogP contribution in [0.25, 0.3) is 0 Å². The molecule has 0 unspecified atom stereocenters. The first-order chi connectivity index (χ1) is 16.1. The van der Waals surface area contributed by atoms with Crippen molar-refractivity contribution in [3.05, 3.63) is 77.1 Å². The molecule has 6 heteroatoms. The number of aryl methyl sites for hydroxylation is 2. The molecule has 0 amide bonds. The van der Waals surface area contributed by atoms with Gasteiger partial charge in [0.2, 0.25) is 0 Å². The molecular weight excluding hydrogens is 414 g/mol. The fraction of sp³-hybridized carbons (Fsp3) is 0.333. The highest BCUT2D eigenvalue weighted by Gasteiger charge is 2.23. The molecule has 0 fully saturated rings. The zero-order valence-electron chi connectivity index (χ0n) is 19.1. The van der Waals surface area contributed by atoms with Crippen LogP contribution in [0, 0.1) is 0 Å². The molecule has 1 aliphatic carbocycles. The van der Waals surface area contributed by atoms with Crippen LogP contribution in [0.3, 0.4) is 0 Å². The quantitative estimate of drug-likeness (QED) is 0.535. The van der Waals surface area contributed by atoms with E-state index in [2.05, 4.69) is 58.6 Å². The Balaban J connectivity index is 1.33. The number of ether oxygens (including phenoxy) is 2. The average molecular weight is 444 g/mol. The van der Waals surface area contributed by atoms with E-state index in [9.17, 15) is 4.79 Å². The molecule has 1 aromatic heterocycles.